The molecule has 0 unspecified atom stereocenters. The number of aromatic nitrogens is 2. The highest BCUT2D eigenvalue weighted by Gasteiger charge is 2.12. The second-order valence-corrected chi connectivity index (χ2v) is 4.09. The summed E-state index contributed by atoms with van der Waals surface area (Å²) >= 11 is 0. The van der Waals surface area contributed by atoms with Gasteiger partial charge >= 0.3 is 5.97 Å². The van der Waals surface area contributed by atoms with Crippen LogP contribution in [0.1, 0.15) is 10.5 Å². The zero-order valence-corrected chi connectivity index (χ0v) is 10.7. The molecular formula is C12H11FN4O4. The van der Waals surface area contributed by atoms with Crippen molar-refractivity contribution < 1.29 is 23.9 Å². The molecule has 2 aromatic rings. The van der Waals surface area contributed by atoms with E-state index in [9.17, 15) is 18.8 Å². The van der Waals surface area contributed by atoms with Crippen molar-refractivity contribution in [2.75, 3.05) is 13.1 Å². The molecular weight excluding hydrogens is 283 g/mol. The Bertz CT molecular complexity index is 712. The van der Waals surface area contributed by atoms with Crippen LogP contribution in [0.5, 0.6) is 0 Å². The molecule has 2 rings (SSSR count). The summed E-state index contributed by atoms with van der Waals surface area (Å²) in [5, 5.41) is 12.8. The van der Waals surface area contributed by atoms with Gasteiger partial charge in [-0.2, -0.15) is 0 Å². The normalized spacial score (nSPS) is 10.3. The van der Waals surface area contributed by atoms with Gasteiger partial charge in [-0.05, 0) is 12.1 Å². The summed E-state index contributed by atoms with van der Waals surface area (Å²) in [6.45, 7) is -0.906. The Morgan fingerprint density at radius 2 is 1.95 bits per heavy atom. The molecule has 2 amide bonds. The maximum atomic E-state index is 13.0. The van der Waals surface area contributed by atoms with Gasteiger partial charge in [-0.1, -0.05) is 0 Å². The molecule has 2 aromatic heterocycles. The molecule has 0 aliphatic rings. The number of fused-ring (bicyclic) bond motifs is 1. The first-order valence-electron chi connectivity index (χ1n) is 5.86. The molecule has 21 heavy (non-hydrogen) atoms. The lowest BCUT2D eigenvalue weighted by Crippen LogP contribution is -2.39. The highest BCUT2D eigenvalue weighted by molar-refractivity contribution is 5.95. The van der Waals surface area contributed by atoms with Gasteiger partial charge in [-0.25, -0.2) is 9.37 Å². The minimum atomic E-state index is -1.18. The van der Waals surface area contributed by atoms with E-state index in [1.165, 1.54) is 28.9 Å². The van der Waals surface area contributed by atoms with E-state index in [2.05, 4.69) is 15.6 Å². The Morgan fingerprint density at radius 1 is 1.19 bits per heavy atom. The molecule has 0 spiro atoms. The van der Waals surface area contributed by atoms with E-state index in [1.807, 2.05) is 0 Å². The van der Waals surface area contributed by atoms with Gasteiger partial charge in [-0.15, -0.1) is 0 Å². The number of carbonyl (C=O) groups excluding carboxylic acids is 2. The Hall–Kier alpha value is -2.97. The summed E-state index contributed by atoms with van der Waals surface area (Å²) in [5.74, 6) is -2.91. The van der Waals surface area contributed by atoms with E-state index in [-0.39, 0.29) is 12.2 Å². The van der Waals surface area contributed by atoms with Gasteiger partial charge in [0, 0.05) is 12.4 Å². The van der Waals surface area contributed by atoms with Crippen molar-refractivity contribution in [3.8, 4) is 0 Å². The first-order valence-corrected chi connectivity index (χ1v) is 5.86. The predicted molar refractivity (Wildman–Crippen MR) is 68.1 cm³/mol. The number of carbonyl (C=O) groups is 3. The van der Waals surface area contributed by atoms with Crippen LogP contribution in [-0.2, 0) is 9.59 Å². The first-order chi connectivity index (χ1) is 9.95. The topological polar surface area (TPSA) is 113 Å². The summed E-state index contributed by atoms with van der Waals surface area (Å²) in [6.07, 6.45) is 2.49. The van der Waals surface area contributed by atoms with Gasteiger partial charge in [-0.3, -0.25) is 14.4 Å². The van der Waals surface area contributed by atoms with E-state index >= 15 is 0 Å². The fourth-order valence-electron chi connectivity index (χ4n) is 1.56. The number of rotatable bonds is 5. The molecule has 0 saturated carbocycles. The summed E-state index contributed by atoms with van der Waals surface area (Å²) in [4.78, 5) is 37.2. The number of hydrogen-bond acceptors (Lipinski definition) is 4. The molecule has 0 radical (unpaired) electrons. The number of pyridine rings is 1. The van der Waals surface area contributed by atoms with Crippen LogP contribution < -0.4 is 10.6 Å². The van der Waals surface area contributed by atoms with Crippen molar-refractivity contribution in [1.82, 2.24) is 20.0 Å². The van der Waals surface area contributed by atoms with Crippen LogP contribution in [0.3, 0.4) is 0 Å². The number of carboxylic acids is 1. The third-order valence-corrected chi connectivity index (χ3v) is 2.49. The first kappa shape index (κ1) is 14.4. The molecule has 0 aromatic carbocycles. The Morgan fingerprint density at radius 3 is 2.67 bits per heavy atom. The SMILES string of the molecule is O=C(O)CNC(=O)CNC(=O)c1cn2cc(F)ccc2n1. The van der Waals surface area contributed by atoms with Gasteiger partial charge < -0.3 is 20.1 Å². The maximum absolute atomic E-state index is 13.0. The minimum Gasteiger partial charge on any atom is -0.480 e. The summed E-state index contributed by atoms with van der Waals surface area (Å²) in [7, 11) is 0. The molecule has 110 valence electrons. The number of carboxylic acid groups (broad SMARTS) is 1. The number of amides is 2. The van der Waals surface area contributed by atoms with Crippen molar-refractivity contribution in [2.24, 2.45) is 0 Å². The van der Waals surface area contributed by atoms with Gasteiger partial charge in [0.1, 0.15) is 23.7 Å². The summed E-state index contributed by atoms with van der Waals surface area (Å²) in [6, 6.07) is 2.62. The number of nitrogens with one attached hydrogen (secondary N) is 2. The van der Waals surface area contributed by atoms with Gasteiger partial charge in [0.25, 0.3) is 5.91 Å². The smallest absolute Gasteiger partial charge is 0.322 e. The number of halogens is 1. The molecule has 2 heterocycles. The molecule has 9 heteroatoms. The molecule has 8 nitrogen and oxygen atoms in total. The molecule has 0 atom stereocenters. The third kappa shape index (κ3) is 3.75. The minimum absolute atomic E-state index is 0.0200. The van der Waals surface area contributed by atoms with Crippen LogP contribution in [-0.4, -0.2) is 45.4 Å². The zero-order chi connectivity index (χ0) is 15.4. The molecule has 0 aliphatic carbocycles. The third-order valence-electron chi connectivity index (χ3n) is 2.49. The molecule has 3 N–H and O–H groups in total. The fraction of sp³-hybridized carbons (Fsp3) is 0.167. The monoisotopic (exact) mass is 294 g/mol. The van der Waals surface area contributed by atoms with E-state index in [0.29, 0.717) is 5.65 Å². The Balaban J connectivity index is 1.96. The lowest BCUT2D eigenvalue weighted by atomic mass is 10.4. The molecule has 0 saturated heterocycles. The molecule has 0 fully saturated rings. The standard InChI is InChI=1S/C12H11FN4O4/c13-7-1-2-9-16-8(6-17(9)5-7)12(21)15-3-10(18)14-4-11(19)20/h1-2,5-6H,3-4H2,(H,14,18)(H,15,21)(H,19,20). The van der Waals surface area contributed by atoms with Crippen LogP contribution in [0.2, 0.25) is 0 Å². The van der Waals surface area contributed by atoms with Crippen LogP contribution in [0, 0.1) is 5.82 Å². The lowest BCUT2D eigenvalue weighted by molar-refractivity contribution is -0.137. The Labute approximate surface area is 117 Å². The zero-order valence-electron chi connectivity index (χ0n) is 10.7. The summed E-state index contributed by atoms with van der Waals surface area (Å²) in [5.41, 5.74) is 0.406. The second-order valence-electron chi connectivity index (χ2n) is 4.09. The lowest BCUT2D eigenvalue weighted by Gasteiger charge is -2.03. The number of hydrogen-bond donors (Lipinski definition) is 3. The van der Waals surface area contributed by atoms with Crippen molar-refractivity contribution in [3.05, 3.63) is 36.0 Å². The highest BCUT2D eigenvalue weighted by atomic mass is 19.1. The molecule has 0 bridgehead atoms. The van der Waals surface area contributed by atoms with Crippen molar-refractivity contribution in [2.45, 2.75) is 0 Å². The van der Waals surface area contributed by atoms with E-state index < -0.39 is 30.1 Å². The largest absolute Gasteiger partial charge is 0.480 e. The van der Waals surface area contributed by atoms with Crippen LogP contribution in [0.4, 0.5) is 4.39 Å². The average Bonchev–Trinajstić information content (AvgIpc) is 2.85. The number of aliphatic carboxylic acids is 1. The maximum Gasteiger partial charge on any atom is 0.322 e. The van der Waals surface area contributed by atoms with E-state index in [1.54, 1.807) is 0 Å². The van der Waals surface area contributed by atoms with Crippen molar-refractivity contribution in [1.29, 1.82) is 0 Å². The second kappa shape index (κ2) is 5.99. The van der Waals surface area contributed by atoms with Gasteiger partial charge in [0.15, 0.2) is 0 Å². The van der Waals surface area contributed by atoms with Gasteiger partial charge in [0.05, 0.1) is 6.54 Å². The number of imidazole rings is 1. The van der Waals surface area contributed by atoms with Crippen LogP contribution in [0.15, 0.2) is 24.5 Å². The fourth-order valence-corrected chi connectivity index (χ4v) is 1.56. The molecule has 0 aliphatic heterocycles. The highest BCUT2D eigenvalue weighted by Crippen LogP contribution is 2.06. The van der Waals surface area contributed by atoms with E-state index in [4.69, 9.17) is 5.11 Å². The van der Waals surface area contributed by atoms with E-state index in [0.717, 1.165) is 0 Å². The van der Waals surface area contributed by atoms with Crippen molar-refractivity contribution in [3.63, 3.8) is 0 Å². The summed E-state index contributed by atoms with van der Waals surface area (Å²) < 4.78 is 14.3. The quantitative estimate of drug-likeness (QED) is 0.682. The Kier molecular flexibility index (Phi) is 4.12. The van der Waals surface area contributed by atoms with Crippen LogP contribution in [0.25, 0.3) is 5.65 Å². The number of nitrogens with zero attached hydrogens (tertiary/aromatic N) is 2. The predicted octanol–water partition coefficient (Wildman–Crippen LogP) is -0.596. The van der Waals surface area contributed by atoms with Crippen molar-refractivity contribution >= 4 is 23.4 Å². The average molecular weight is 294 g/mol. The van der Waals surface area contributed by atoms with Gasteiger partial charge in [0.2, 0.25) is 5.91 Å². The van der Waals surface area contributed by atoms with Crippen LogP contribution >= 0.6 is 0 Å².